The van der Waals surface area contributed by atoms with Gasteiger partial charge in [-0.1, -0.05) is 27.3 Å². The second kappa shape index (κ2) is 5.36. The Hall–Kier alpha value is -1.93. The minimum atomic E-state index is -1.24. The number of thiazole rings is 1. The Morgan fingerprint density at radius 2 is 1.95 bits per heavy atom. The first-order valence-corrected chi connectivity index (χ1v) is 7.94. The van der Waals surface area contributed by atoms with Crippen molar-refractivity contribution in [2.24, 2.45) is 0 Å². The van der Waals surface area contributed by atoms with Crippen molar-refractivity contribution in [1.29, 1.82) is 0 Å². The first-order valence-electron chi connectivity index (χ1n) is 6.33. The quantitative estimate of drug-likeness (QED) is 0.488. The van der Waals surface area contributed by atoms with Gasteiger partial charge in [0.05, 0.1) is 10.2 Å². The Balaban J connectivity index is 1.83. The van der Waals surface area contributed by atoms with Gasteiger partial charge in [0.25, 0.3) is 5.79 Å². The number of hydrogen-bond donors (Lipinski definition) is 1. The molecule has 1 aromatic heterocycles. The van der Waals surface area contributed by atoms with Crippen LogP contribution in [0.3, 0.4) is 0 Å². The maximum absolute atomic E-state index is 11.8. The van der Waals surface area contributed by atoms with Crippen LogP contribution >= 0.6 is 27.3 Å². The predicted octanol–water partition coefficient (Wildman–Crippen LogP) is 3.19. The number of ether oxygens (including phenoxy) is 2. The molecule has 1 aromatic carbocycles. The SMILES string of the molecule is CC1(C)OC(=O)C(=CNc2nc3ccc(Br)cc3s2)C(=O)O1. The van der Waals surface area contributed by atoms with E-state index in [2.05, 4.69) is 26.2 Å². The van der Waals surface area contributed by atoms with E-state index in [-0.39, 0.29) is 5.57 Å². The predicted molar refractivity (Wildman–Crippen MR) is 85.3 cm³/mol. The minimum absolute atomic E-state index is 0.195. The highest BCUT2D eigenvalue weighted by atomic mass is 79.9. The van der Waals surface area contributed by atoms with Crippen LogP contribution in [0.5, 0.6) is 0 Å². The molecule has 0 atom stereocenters. The van der Waals surface area contributed by atoms with Crippen LogP contribution in [0, 0.1) is 0 Å². The number of nitrogens with zero attached hydrogens (tertiary/aromatic N) is 1. The van der Waals surface area contributed by atoms with E-state index in [9.17, 15) is 9.59 Å². The maximum atomic E-state index is 11.8. The van der Waals surface area contributed by atoms with Crippen LogP contribution in [-0.4, -0.2) is 22.7 Å². The van der Waals surface area contributed by atoms with Crippen LogP contribution in [0.4, 0.5) is 5.13 Å². The van der Waals surface area contributed by atoms with Crippen molar-refractivity contribution in [1.82, 2.24) is 4.98 Å². The second-order valence-electron chi connectivity index (χ2n) is 5.01. The Bertz CT molecular complexity index is 790. The molecule has 1 fully saturated rings. The topological polar surface area (TPSA) is 77.5 Å². The average Bonchev–Trinajstić information content (AvgIpc) is 2.78. The monoisotopic (exact) mass is 382 g/mol. The summed E-state index contributed by atoms with van der Waals surface area (Å²) in [4.78, 5) is 28.0. The summed E-state index contributed by atoms with van der Waals surface area (Å²) < 4.78 is 11.9. The van der Waals surface area contributed by atoms with E-state index < -0.39 is 17.7 Å². The zero-order chi connectivity index (χ0) is 15.9. The number of cyclic esters (lactones) is 2. The molecule has 0 unspecified atom stereocenters. The third-order valence-corrected chi connectivity index (χ3v) is 4.25. The molecule has 0 bridgehead atoms. The fourth-order valence-electron chi connectivity index (χ4n) is 1.87. The van der Waals surface area contributed by atoms with Crippen LogP contribution in [0.1, 0.15) is 13.8 Å². The van der Waals surface area contributed by atoms with E-state index in [1.807, 2.05) is 18.2 Å². The number of nitrogens with one attached hydrogen (secondary N) is 1. The molecular formula is C14H11BrN2O4S. The number of carbonyl (C=O) groups is 2. The molecule has 0 radical (unpaired) electrons. The lowest BCUT2D eigenvalue weighted by Crippen LogP contribution is -2.42. The fraction of sp³-hybridized carbons (Fsp3) is 0.214. The molecule has 114 valence electrons. The molecule has 0 spiro atoms. The molecule has 8 heteroatoms. The second-order valence-corrected chi connectivity index (χ2v) is 6.96. The van der Waals surface area contributed by atoms with Crippen LogP contribution in [0.15, 0.2) is 34.4 Å². The normalized spacial score (nSPS) is 17.1. The summed E-state index contributed by atoms with van der Waals surface area (Å²) in [6, 6.07) is 5.71. The van der Waals surface area contributed by atoms with Gasteiger partial charge in [0.1, 0.15) is 0 Å². The molecule has 0 saturated carbocycles. The highest BCUT2D eigenvalue weighted by Crippen LogP contribution is 2.29. The van der Waals surface area contributed by atoms with Gasteiger partial charge >= 0.3 is 11.9 Å². The van der Waals surface area contributed by atoms with Crippen molar-refractivity contribution >= 4 is 54.6 Å². The molecule has 1 aliphatic heterocycles. The largest absolute Gasteiger partial charge is 0.419 e. The van der Waals surface area contributed by atoms with Crippen molar-refractivity contribution < 1.29 is 19.1 Å². The summed E-state index contributed by atoms with van der Waals surface area (Å²) >= 11 is 4.79. The molecule has 3 rings (SSSR count). The molecular weight excluding hydrogens is 372 g/mol. The molecule has 1 saturated heterocycles. The standard InChI is InChI=1S/C14H11BrN2O4S/c1-14(2)20-11(18)8(12(19)21-14)6-16-13-17-9-4-3-7(15)5-10(9)22-13/h3-6H,1-2H3,(H,16,17). The highest BCUT2D eigenvalue weighted by Gasteiger charge is 2.38. The number of rotatable bonds is 2. The number of halogens is 1. The molecule has 0 amide bonds. The molecule has 1 N–H and O–H groups in total. The Labute approximate surface area is 138 Å². The van der Waals surface area contributed by atoms with Crippen LogP contribution in [-0.2, 0) is 19.1 Å². The van der Waals surface area contributed by atoms with E-state index in [0.29, 0.717) is 5.13 Å². The molecule has 1 aliphatic rings. The van der Waals surface area contributed by atoms with E-state index in [0.717, 1.165) is 14.7 Å². The fourth-order valence-corrected chi connectivity index (χ4v) is 3.26. The average molecular weight is 383 g/mol. The number of aromatic nitrogens is 1. The number of benzene rings is 1. The Morgan fingerprint density at radius 3 is 2.64 bits per heavy atom. The van der Waals surface area contributed by atoms with E-state index in [4.69, 9.17) is 9.47 Å². The maximum Gasteiger partial charge on any atom is 0.350 e. The van der Waals surface area contributed by atoms with E-state index in [1.54, 1.807) is 0 Å². The number of esters is 2. The van der Waals surface area contributed by atoms with Gasteiger partial charge in [-0.05, 0) is 18.2 Å². The first kappa shape index (κ1) is 15.0. The third kappa shape index (κ3) is 2.97. The minimum Gasteiger partial charge on any atom is -0.419 e. The van der Waals surface area contributed by atoms with Gasteiger partial charge in [-0.2, -0.15) is 0 Å². The van der Waals surface area contributed by atoms with Crippen LogP contribution in [0.2, 0.25) is 0 Å². The number of anilines is 1. The first-order chi connectivity index (χ1) is 10.3. The third-order valence-electron chi connectivity index (χ3n) is 2.81. The molecule has 0 aliphatic carbocycles. The van der Waals surface area contributed by atoms with Crippen molar-refractivity contribution in [2.45, 2.75) is 19.6 Å². The Morgan fingerprint density at radius 1 is 1.27 bits per heavy atom. The number of carbonyl (C=O) groups excluding carboxylic acids is 2. The zero-order valence-corrected chi connectivity index (χ0v) is 14.1. The lowest BCUT2D eigenvalue weighted by atomic mass is 10.2. The van der Waals surface area contributed by atoms with Gasteiger partial charge in [-0.25, -0.2) is 14.6 Å². The number of hydrogen-bond acceptors (Lipinski definition) is 7. The smallest absolute Gasteiger partial charge is 0.350 e. The summed E-state index contributed by atoms with van der Waals surface area (Å²) in [5.41, 5.74) is 0.629. The summed E-state index contributed by atoms with van der Waals surface area (Å²) in [5, 5.41) is 3.40. The van der Waals surface area contributed by atoms with Gasteiger partial charge in [0.15, 0.2) is 10.7 Å². The van der Waals surface area contributed by atoms with Crippen LogP contribution < -0.4 is 5.32 Å². The van der Waals surface area contributed by atoms with Crippen LogP contribution in [0.25, 0.3) is 10.2 Å². The van der Waals surface area contributed by atoms with Crippen molar-refractivity contribution in [3.8, 4) is 0 Å². The van der Waals surface area contributed by atoms with Gasteiger partial charge in [0, 0.05) is 24.5 Å². The number of fused-ring (bicyclic) bond motifs is 1. The van der Waals surface area contributed by atoms with E-state index >= 15 is 0 Å². The zero-order valence-electron chi connectivity index (χ0n) is 11.7. The highest BCUT2D eigenvalue weighted by molar-refractivity contribution is 9.10. The molecule has 2 heterocycles. The van der Waals surface area contributed by atoms with E-state index in [1.165, 1.54) is 31.4 Å². The van der Waals surface area contributed by atoms with Crippen molar-refractivity contribution in [2.75, 3.05) is 5.32 Å². The molecule has 6 nitrogen and oxygen atoms in total. The summed E-state index contributed by atoms with van der Waals surface area (Å²) in [5.74, 6) is -2.69. The van der Waals surface area contributed by atoms with Gasteiger partial charge in [0.2, 0.25) is 0 Å². The van der Waals surface area contributed by atoms with Gasteiger partial charge < -0.3 is 14.8 Å². The Kier molecular flexibility index (Phi) is 3.65. The molecule has 22 heavy (non-hydrogen) atoms. The van der Waals surface area contributed by atoms with Crippen molar-refractivity contribution in [3.05, 3.63) is 34.4 Å². The van der Waals surface area contributed by atoms with Gasteiger partial charge in [-0.15, -0.1) is 0 Å². The summed E-state index contributed by atoms with van der Waals surface area (Å²) in [7, 11) is 0. The van der Waals surface area contributed by atoms with Crippen molar-refractivity contribution in [3.63, 3.8) is 0 Å². The van der Waals surface area contributed by atoms with Gasteiger partial charge in [-0.3, -0.25) is 0 Å². The molecule has 2 aromatic rings. The lowest BCUT2D eigenvalue weighted by Gasteiger charge is -2.29. The summed E-state index contributed by atoms with van der Waals surface area (Å²) in [6.07, 6.45) is 1.26. The lowest BCUT2D eigenvalue weighted by molar-refractivity contribution is -0.222. The summed E-state index contributed by atoms with van der Waals surface area (Å²) in [6.45, 7) is 3.00.